The summed E-state index contributed by atoms with van der Waals surface area (Å²) < 4.78 is 1.20. The first-order valence-corrected chi connectivity index (χ1v) is 8.45. The number of nitrogens with one attached hydrogen (secondary N) is 1. The first-order valence-electron chi connectivity index (χ1n) is 7.66. The molecule has 1 nitrogen and oxygen atoms in total. The van der Waals surface area contributed by atoms with Crippen LogP contribution in [0.3, 0.4) is 0 Å². The van der Waals surface area contributed by atoms with Crippen LogP contribution in [0.15, 0.2) is 40.9 Å². The second kappa shape index (κ2) is 7.24. The summed E-state index contributed by atoms with van der Waals surface area (Å²) >= 11 is 3.76. The summed E-state index contributed by atoms with van der Waals surface area (Å²) in [6.45, 7) is 6.58. The van der Waals surface area contributed by atoms with Crippen LogP contribution < -0.4 is 5.32 Å². The third-order valence-corrected chi connectivity index (χ3v) is 5.22. The first kappa shape index (κ1) is 16.3. The molecule has 2 heteroatoms. The fourth-order valence-corrected chi connectivity index (χ4v) is 3.32. The molecule has 0 saturated carbocycles. The SMILES string of the molecule is CCc1ccc(CC)c(C(NC)c2cccc(C)c2Br)c1. The Morgan fingerprint density at radius 3 is 2.43 bits per heavy atom. The molecule has 112 valence electrons. The number of rotatable bonds is 5. The van der Waals surface area contributed by atoms with Gasteiger partial charge in [0.05, 0.1) is 6.04 Å². The van der Waals surface area contributed by atoms with E-state index >= 15 is 0 Å². The Labute approximate surface area is 136 Å². The molecule has 0 fully saturated rings. The summed E-state index contributed by atoms with van der Waals surface area (Å²) in [6.07, 6.45) is 2.13. The second-order valence-electron chi connectivity index (χ2n) is 5.44. The number of aryl methyl sites for hydroxylation is 3. The lowest BCUT2D eigenvalue weighted by molar-refractivity contribution is 0.679. The van der Waals surface area contributed by atoms with Gasteiger partial charge in [-0.2, -0.15) is 0 Å². The van der Waals surface area contributed by atoms with Gasteiger partial charge in [-0.05, 0) is 54.6 Å². The van der Waals surface area contributed by atoms with Crippen molar-refractivity contribution in [3.63, 3.8) is 0 Å². The van der Waals surface area contributed by atoms with Gasteiger partial charge in [0.1, 0.15) is 0 Å². The maximum Gasteiger partial charge on any atom is 0.0588 e. The van der Waals surface area contributed by atoms with Crippen LogP contribution in [0.4, 0.5) is 0 Å². The summed E-state index contributed by atoms with van der Waals surface area (Å²) in [5.41, 5.74) is 6.79. The molecule has 0 aromatic heterocycles. The number of hydrogen-bond donors (Lipinski definition) is 1. The van der Waals surface area contributed by atoms with Crippen molar-refractivity contribution in [3.8, 4) is 0 Å². The van der Waals surface area contributed by atoms with E-state index in [2.05, 4.69) is 78.4 Å². The van der Waals surface area contributed by atoms with Gasteiger partial charge in [0, 0.05) is 4.47 Å². The van der Waals surface area contributed by atoms with E-state index in [0.717, 1.165) is 12.8 Å². The maximum atomic E-state index is 3.76. The van der Waals surface area contributed by atoms with Gasteiger partial charge in [-0.1, -0.05) is 66.2 Å². The van der Waals surface area contributed by atoms with Gasteiger partial charge in [-0.3, -0.25) is 0 Å². The molecule has 2 rings (SSSR count). The zero-order valence-electron chi connectivity index (χ0n) is 13.3. The van der Waals surface area contributed by atoms with E-state index in [1.807, 2.05) is 7.05 Å². The normalized spacial score (nSPS) is 12.4. The van der Waals surface area contributed by atoms with Crippen LogP contribution in [0.1, 0.15) is 47.7 Å². The van der Waals surface area contributed by atoms with E-state index in [-0.39, 0.29) is 6.04 Å². The Hall–Kier alpha value is -1.12. The van der Waals surface area contributed by atoms with E-state index in [9.17, 15) is 0 Å². The molecule has 0 aliphatic heterocycles. The molecule has 0 heterocycles. The van der Waals surface area contributed by atoms with Crippen LogP contribution in [0, 0.1) is 6.92 Å². The van der Waals surface area contributed by atoms with Gasteiger partial charge in [-0.15, -0.1) is 0 Å². The van der Waals surface area contributed by atoms with Crippen molar-refractivity contribution in [3.05, 3.63) is 68.7 Å². The predicted octanol–water partition coefficient (Wildman–Crippen LogP) is 5.19. The van der Waals surface area contributed by atoms with E-state index in [1.54, 1.807) is 0 Å². The molecular formula is C19H24BrN. The quantitative estimate of drug-likeness (QED) is 0.785. The average molecular weight is 346 g/mol. The van der Waals surface area contributed by atoms with Crippen molar-refractivity contribution in [2.75, 3.05) is 7.05 Å². The van der Waals surface area contributed by atoms with Crippen LogP contribution in [0.5, 0.6) is 0 Å². The van der Waals surface area contributed by atoms with Crippen molar-refractivity contribution in [1.82, 2.24) is 5.32 Å². The Morgan fingerprint density at radius 1 is 1.05 bits per heavy atom. The van der Waals surface area contributed by atoms with Crippen LogP contribution in [-0.2, 0) is 12.8 Å². The average Bonchev–Trinajstić information content (AvgIpc) is 2.52. The highest BCUT2D eigenvalue weighted by molar-refractivity contribution is 9.10. The topological polar surface area (TPSA) is 12.0 Å². The van der Waals surface area contributed by atoms with Gasteiger partial charge < -0.3 is 5.32 Å². The zero-order chi connectivity index (χ0) is 15.4. The third-order valence-electron chi connectivity index (χ3n) is 4.13. The highest BCUT2D eigenvalue weighted by Crippen LogP contribution is 2.33. The molecule has 2 aromatic carbocycles. The summed E-state index contributed by atoms with van der Waals surface area (Å²) in [5.74, 6) is 0. The van der Waals surface area contributed by atoms with Gasteiger partial charge in [0.2, 0.25) is 0 Å². The fourth-order valence-electron chi connectivity index (χ4n) is 2.83. The van der Waals surface area contributed by atoms with E-state index in [1.165, 1.54) is 32.3 Å². The first-order chi connectivity index (χ1) is 10.1. The van der Waals surface area contributed by atoms with Gasteiger partial charge in [0.25, 0.3) is 0 Å². The van der Waals surface area contributed by atoms with E-state index < -0.39 is 0 Å². The Bertz CT molecular complexity index is 619. The van der Waals surface area contributed by atoms with E-state index in [0.29, 0.717) is 0 Å². The predicted molar refractivity (Wildman–Crippen MR) is 95.0 cm³/mol. The molecule has 0 radical (unpaired) electrons. The summed E-state index contributed by atoms with van der Waals surface area (Å²) in [5, 5.41) is 3.50. The monoisotopic (exact) mass is 345 g/mol. The van der Waals surface area contributed by atoms with Crippen molar-refractivity contribution in [2.24, 2.45) is 0 Å². The standard InChI is InChI=1S/C19H24BrN/c1-5-14-10-11-15(6-2)17(12-14)19(21-4)16-9-7-8-13(3)18(16)20/h7-12,19,21H,5-6H2,1-4H3. The molecule has 1 unspecified atom stereocenters. The minimum Gasteiger partial charge on any atom is -0.309 e. The lowest BCUT2D eigenvalue weighted by Crippen LogP contribution is -2.20. The van der Waals surface area contributed by atoms with Crippen molar-refractivity contribution in [2.45, 2.75) is 39.7 Å². The third kappa shape index (κ3) is 3.38. The molecule has 21 heavy (non-hydrogen) atoms. The maximum absolute atomic E-state index is 3.76. The van der Waals surface area contributed by atoms with Crippen LogP contribution in [-0.4, -0.2) is 7.05 Å². The zero-order valence-corrected chi connectivity index (χ0v) is 14.9. The summed E-state index contributed by atoms with van der Waals surface area (Å²) in [4.78, 5) is 0. The van der Waals surface area contributed by atoms with Gasteiger partial charge in [0.15, 0.2) is 0 Å². The van der Waals surface area contributed by atoms with Crippen LogP contribution in [0.2, 0.25) is 0 Å². The molecule has 1 N–H and O–H groups in total. The highest BCUT2D eigenvalue weighted by atomic mass is 79.9. The minimum absolute atomic E-state index is 0.223. The second-order valence-corrected chi connectivity index (χ2v) is 6.23. The number of halogens is 1. The molecule has 0 bridgehead atoms. The smallest absolute Gasteiger partial charge is 0.0588 e. The summed E-state index contributed by atoms with van der Waals surface area (Å²) in [6, 6.07) is 13.6. The van der Waals surface area contributed by atoms with Crippen molar-refractivity contribution in [1.29, 1.82) is 0 Å². The van der Waals surface area contributed by atoms with Crippen LogP contribution >= 0.6 is 15.9 Å². The van der Waals surface area contributed by atoms with Crippen molar-refractivity contribution >= 4 is 15.9 Å². The molecule has 0 amide bonds. The number of hydrogen-bond acceptors (Lipinski definition) is 1. The summed E-state index contributed by atoms with van der Waals surface area (Å²) in [7, 11) is 2.04. The molecule has 0 aliphatic carbocycles. The Kier molecular flexibility index (Phi) is 5.60. The Balaban J connectivity index is 2.57. The van der Waals surface area contributed by atoms with E-state index in [4.69, 9.17) is 0 Å². The van der Waals surface area contributed by atoms with Gasteiger partial charge >= 0.3 is 0 Å². The molecule has 2 aromatic rings. The number of benzene rings is 2. The van der Waals surface area contributed by atoms with Crippen LogP contribution in [0.25, 0.3) is 0 Å². The van der Waals surface area contributed by atoms with Gasteiger partial charge in [-0.25, -0.2) is 0 Å². The molecule has 1 atom stereocenters. The minimum atomic E-state index is 0.223. The largest absolute Gasteiger partial charge is 0.309 e. The fraction of sp³-hybridized carbons (Fsp3) is 0.368. The highest BCUT2D eigenvalue weighted by Gasteiger charge is 2.18. The Morgan fingerprint density at radius 2 is 1.81 bits per heavy atom. The molecule has 0 saturated heterocycles. The lowest BCUT2D eigenvalue weighted by Gasteiger charge is -2.23. The lowest BCUT2D eigenvalue weighted by atomic mass is 9.90. The molecule has 0 aliphatic rings. The molecular weight excluding hydrogens is 322 g/mol. The molecule has 0 spiro atoms. The van der Waals surface area contributed by atoms with Crippen molar-refractivity contribution < 1.29 is 0 Å².